The molecule has 3 nitrogen and oxygen atoms in total. The van der Waals surface area contributed by atoms with Gasteiger partial charge in [-0.15, -0.1) is 0 Å². The van der Waals surface area contributed by atoms with E-state index in [1.165, 1.54) is 0 Å². The fourth-order valence-corrected chi connectivity index (χ4v) is 9.00. The van der Waals surface area contributed by atoms with E-state index >= 15 is 0 Å². The Labute approximate surface area is 386 Å². The molecular formula is C63H43N3. The van der Waals surface area contributed by atoms with Crippen molar-refractivity contribution in [1.29, 1.82) is 0 Å². The second-order valence-corrected chi connectivity index (χ2v) is 16.4. The van der Waals surface area contributed by atoms with Crippen molar-refractivity contribution in [2.24, 2.45) is 0 Å². The minimum absolute atomic E-state index is 0.936. The molecule has 0 spiro atoms. The van der Waals surface area contributed by atoms with Crippen molar-refractivity contribution >= 4 is 0 Å². The number of aromatic nitrogens is 3. The van der Waals surface area contributed by atoms with Crippen LogP contribution in [0.1, 0.15) is 0 Å². The molecule has 0 bridgehead atoms. The Morgan fingerprint density at radius 2 is 0.485 bits per heavy atom. The number of pyridine rings is 3. The minimum atomic E-state index is 0.936. The molecule has 8 aromatic carbocycles. The lowest BCUT2D eigenvalue weighted by molar-refractivity contribution is 1.32. The first-order valence-electron chi connectivity index (χ1n) is 22.3. The van der Waals surface area contributed by atoms with Gasteiger partial charge in [-0.2, -0.15) is 0 Å². The van der Waals surface area contributed by atoms with Crippen LogP contribution in [0, 0.1) is 0 Å². The Morgan fingerprint density at radius 3 is 0.879 bits per heavy atom. The maximum Gasteiger partial charge on any atom is 0.0708 e. The molecule has 0 aliphatic carbocycles. The van der Waals surface area contributed by atoms with Gasteiger partial charge in [-0.3, -0.25) is 15.0 Å². The van der Waals surface area contributed by atoms with E-state index in [2.05, 4.69) is 231 Å². The zero-order chi connectivity index (χ0) is 44.1. The largest absolute Gasteiger partial charge is 0.256 e. The topological polar surface area (TPSA) is 38.7 Å². The number of rotatable bonds is 10. The predicted molar refractivity (Wildman–Crippen MR) is 274 cm³/mol. The first kappa shape index (κ1) is 40.0. The van der Waals surface area contributed by atoms with Crippen molar-refractivity contribution < 1.29 is 0 Å². The van der Waals surface area contributed by atoms with Crippen LogP contribution in [0.4, 0.5) is 0 Å². The van der Waals surface area contributed by atoms with Crippen molar-refractivity contribution in [3.05, 3.63) is 261 Å². The Kier molecular flexibility index (Phi) is 11.0. The lowest BCUT2D eigenvalue weighted by atomic mass is 9.85. The summed E-state index contributed by atoms with van der Waals surface area (Å²) in [4.78, 5) is 15.0. The normalized spacial score (nSPS) is 11.0. The molecule has 0 amide bonds. The summed E-state index contributed by atoms with van der Waals surface area (Å²) in [6, 6.07) is 85.7. The molecule has 0 aliphatic rings. The van der Waals surface area contributed by atoms with E-state index in [9.17, 15) is 0 Å². The quantitative estimate of drug-likeness (QED) is 0.138. The van der Waals surface area contributed by atoms with Crippen LogP contribution in [0.15, 0.2) is 261 Å². The monoisotopic (exact) mass is 841 g/mol. The maximum absolute atomic E-state index is 5.11. The van der Waals surface area contributed by atoms with Crippen molar-refractivity contribution in [1.82, 2.24) is 15.0 Å². The average Bonchev–Trinajstić information content (AvgIpc) is 3.41. The third kappa shape index (κ3) is 8.14. The molecule has 0 fully saturated rings. The van der Waals surface area contributed by atoms with Gasteiger partial charge in [0.05, 0.1) is 17.1 Å². The van der Waals surface area contributed by atoms with E-state index in [0.717, 1.165) is 112 Å². The van der Waals surface area contributed by atoms with E-state index in [1.54, 1.807) is 0 Å². The molecule has 11 rings (SSSR count). The second-order valence-electron chi connectivity index (χ2n) is 16.4. The Hall–Kier alpha value is -8.79. The van der Waals surface area contributed by atoms with Crippen molar-refractivity contribution in [3.63, 3.8) is 0 Å². The molecule has 0 saturated heterocycles. The summed E-state index contributed by atoms with van der Waals surface area (Å²) in [5, 5.41) is 0. The van der Waals surface area contributed by atoms with Crippen LogP contribution in [-0.2, 0) is 0 Å². The lowest BCUT2D eigenvalue weighted by Crippen LogP contribution is -1.95. The van der Waals surface area contributed by atoms with E-state index in [0.29, 0.717) is 0 Å². The second kappa shape index (κ2) is 18.1. The summed E-state index contributed by atoms with van der Waals surface area (Å²) in [5.41, 5.74) is 21.5. The number of nitrogens with zero attached hydrogens (tertiary/aromatic N) is 3. The van der Waals surface area contributed by atoms with Gasteiger partial charge in [-0.1, -0.05) is 206 Å². The fourth-order valence-electron chi connectivity index (χ4n) is 9.00. The lowest BCUT2D eigenvalue weighted by Gasteiger charge is -2.19. The standard InChI is InChI=1S/C63H43N3/c1-5-19-44(20-6-1)59-40-63(47-25-11-4-12-26-47)66-43-60(59)58-32-18-17-31-57(58)52-38-50(55-29-15-13-27-53(55)48-33-35-61(64-41-48)45-21-7-2-8-22-45)37-51(39-52)56-30-16-14-28-54(56)49-34-36-62(65-42-49)46-23-9-3-10-24-46/h1-43H. The van der Waals surface area contributed by atoms with Crippen molar-refractivity contribution in [2.45, 2.75) is 0 Å². The summed E-state index contributed by atoms with van der Waals surface area (Å²) < 4.78 is 0. The summed E-state index contributed by atoms with van der Waals surface area (Å²) in [7, 11) is 0. The van der Waals surface area contributed by atoms with E-state index in [4.69, 9.17) is 15.0 Å². The molecule has 3 aromatic heterocycles. The van der Waals surface area contributed by atoms with Gasteiger partial charge < -0.3 is 0 Å². The van der Waals surface area contributed by atoms with E-state index in [1.807, 2.05) is 30.6 Å². The SMILES string of the molecule is c1ccc(-c2ccc(-c3ccccc3-c3cc(-c4ccccc4-c4ccc(-c5ccccc5)nc4)cc(-c4ccccc4-c4cnc(-c5ccccc5)cc4-c4ccccc4)c3)cn2)cc1. The first-order chi connectivity index (χ1) is 32.7. The van der Waals surface area contributed by atoms with Crippen LogP contribution in [0.25, 0.3) is 112 Å². The van der Waals surface area contributed by atoms with Crippen LogP contribution in [-0.4, -0.2) is 15.0 Å². The van der Waals surface area contributed by atoms with Crippen LogP contribution in [0.2, 0.25) is 0 Å². The fraction of sp³-hybridized carbons (Fsp3) is 0. The van der Waals surface area contributed by atoms with Crippen LogP contribution in [0.5, 0.6) is 0 Å². The van der Waals surface area contributed by atoms with Crippen LogP contribution < -0.4 is 0 Å². The Bertz CT molecular complexity index is 3280. The molecule has 11 aromatic rings. The molecule has 3 heterocycles. The van der Waals surface area contributed by atoms with Crippen molar-refractivity contribution in [2.75, 3.05) is 0 Å². The smallest absolute Gasteiger partial charge is 0.0708 e. The summed E-state index contributed by atoms with van der Waals surface area (Å²) in [6.07, 6.45) is 6.05. The molecule has 0 aliphatic heterocycles. The summed E-state index contributed by atoms with van der Waals surface area (Å²) in [6.45, 7) is 0. The average molecular weight is 842 g/mol. The number of hydrogen-bond donors (Lipinski definition) is 0. The van der Waals surface area contributed by atoms with Gasteiger partial charge in [0, 0.05) is 52.0 Å². The molecular weight excluding hydrogens is 799 g/mol. The van der Waals surface area contributed by atoms with Gasteiger partial charge in [-0.25, -0.2) is 0 Å². The molecule has 0 N–H and O–H groups in total. The maximum atomic E-state index is 5.11. The Balaban J connectivity index is 1.10. The van der Waals surface area contributed by atoms with Gasteiger partial charge >= 0.3 is 0 Å². The summed E-state index contributed by atoms with van der Waals surface area (Å²) in [5.74, 6) is 0. The highest BCUT2D eigenvalue weighted by Crippen LogP contribution is 2.44. The highest BCUT2D eigenvalue weighted by atomic mass is 14.7. The molecule has 310 valence electrons. The number of benzene rings is 8. The van der Waals surface area contributed by atoms with Gasteiger partial charge in [0.15, 0.2) is 0 Å². The third-order valence-corrected chi connectivity index (χ3v) is 12.3. The molecule has 0 unspecified atom stereocenters. The zero-order valence-electron chi connectivity index (χ0n) is 36.2. The minimum Gasteiger partial charge on any atom is -0.256 e. The number of hydrogen-bond acceptors (Lipinski definition) is 3. The van der Waals surface area contributed by atoms with Gasteiger partial charge in [-0.05, 0) is 97.6 Å². The van der Waals surface area contributed by atoms with Gasteiger partial charge in [0.2, 0.25) is 0 Å². The molecule has 66 heavy (non-hydrogen) atoms. The van der Waals surface area contributed by atoms with Crippen LogP contribution in [0.3, 0.4) is 0 Å². The highest BCUT2D eigenvalue weighted by molar-refractivity contribution is 5.97. The summed E-state index contributed by atoms with van der Waals surface area (Å²) >= 11 is 0. The predicted octanol–water partition coefficient (Wildman–Crippen LogP) is 16.5. The highest BCUT2D eigenvalue weighted by Gasteiger charge is 2.19. The first-order valence-corrected chi connectivity index (χ1v) is 22.3. The molecule has 0 radical (unpaired) electrons. The third-order valence-electron chi connectivity index (χ3n) is 12.3. The van der Waals surface area contributed by atoms with Crippen molar-refractivity contribution in [3.8, 4) is 112 Å². The van der Waals surface area contributed by atoms with Crippen LogP contribution >= 0.6 is 0 Å². The van der Waals surface area contributed by atoms with Gasteiger partial charge in [0.1, 0.15) is 0 Å². The zero-order valence-corrected chi connectivity index (χ0v) is 36.2. The molecule has 0 atom stereocenters. The molecule has 3 heteroatoms. The van der Waals surface area contributed by atoms with E-state index < -0.39 is 0 Å². The Morgan fingerprint density at radius 1 is 0.167 bits per heavy atom. The molecule has 0 saturated carbocycles. The van der Waals surface area contributed by atoms with E-state index in [-0.39, 0.29) is 0 Å². The van der Waals surface area contributed by atoms with Gasteiger partial charge in [0.25, 0.3) is 0 Å².